The van der Waals surface area contributed by atoms with E-state index in [2.05, 4.69) is 4.72 Å². The number of fused-ring (bicyclic) bond motifs is 1. The van der Waals surface area contributed by atoms with E-state index in [1.165, 1.54) is 41.0 Å². The van der Waals surface area contributed by atoms with E-state index in [9.17, 15) is 16.8 Å². The van der Waals surface area contributed by atoms with Gasteiger partial charge in [-0.25, -0.2) is 16.8 Å². The van der Waals surface area contributed by atoms with Crippen molar-refractivity contribution < 1.29 is 21.6 Å². The third-order valence-corrected chi connectivity index (χ3v) is 10.0. The largest absolute Gasteiger partial charge is 0.497 e. The Labute approximate surface area is 190 Å². The molecule has 0 bridgehead atoms. The molecule has 0 spiro atoms. The molecule has 4 rings (SSSR count). The predicted octanol–water partition coefficient (Wildman–Crippen LogP) is 3.96. The van der Waals surface area contributed by atoms with E-state index in [0.29, 0.717) is 28.6 Å². The van der Waals surface area contributed by atoms with Gasteiger partial charge in [0, 0.05) is 24.8 Å². The summed E-state index contributed by atoms with van der Waals surface area (Å²) < 4.78 is 60.6. The van der Waals surface area contributed by atoms with Crippen molar-refractivity contribution in [3.8, 4) is 5.75 Å². The van der Waals surface area contributed by atoms with Crippen LogP contribution in [0, 0.1) is 0 Å². The van der Waals surface area contributed by atoms with Gasteiger partial charge >= 0.3 is 0 Å². The molecule has 2 heterocycles. The number of nitrogens with one attached hydrogen (secondary N) is 1. The number of benzene rings is 2. The molecule has 0 fully saturated rings. The summed E-state index contributed by atoms with van der Waals surface area (Å²) in [4.78, 5) is -0.0745. The minimum Gasteiger partial charge on any atom is -0.497 e. The number of methoxy groups -OCH3 is 1. The molecule has 1 aromatic heterocycles. The van der Waals surface area contributed by atoms with Gasteiger partial charge in [0.15, 0.2) is 0 Å². The zero-order chi connectivity index (χ0) is 22.2. The van der Waals surface area contributed by atoms with Crippen LogP contribution < -0.4 is 9.46 Å². The van der Waals surface area contributed by atoms with Crippen LogP contribution in [0.1, 0.15) is 11.1 Å². The fraction of sp³-hybridized carbons (Fsp3) is 0.200. The van der Waals surface area contributed by atoms with E-state index in [1.54, 1.807) is 29.6 Å². The summed E-state index contributed by atoms with van der Waals surface area (Å²) >= 11 is 7.30. The van der Waals surface area contributed by atoms with Crippen LogP contribution in [0.25, 0.3) is 0 Å². The van der Waals surface area contributed by atoms with Gasteiger partial charge < -0.3 is 4.74 Å². The summed E-state index contributed by atoms with van der Waals surface area (Å²) in [6.45, 7) is 0.550. The van der Waals surface area contributed by atoms with Crippen molar-refractivity contribution >= 4 is 48.7 Å². The molecule has 3 aromatic rings. The van der Waals surface area contributed by atoms with Gasteiger partial charge in [0.05, 0.1) is 12.1 Å². The van der Waals surface area contributed by atoms with Gasteiger partial charge in [0.25, 0.3) is 20.0 Å². The Morgan fingerprint density at radius 2 is 1.87 bits per heavy atom. The van der Waals surface area contributed by atoms with Crippen LogP contribution in [0.15, 0.2) is 63.0 Å². The maximum atomic E-state index is 12.8. The average Bonchev–Trinajstić information content (AvgIpc) is 3.28. The Morgan fingerprint density at radius 1 is 1.06 bits per heavy atom. The first kappa shape index (κ1) is 22.1. The molecule has 0 aliphatic carbocycles. The maximum Gasteiger partial charge on any atom is 0.263 e. The number of hydrogen-bond donors (Lipinski definition) is 1. The monoisotopic (exact) mass is 498 g/mol. The summed E-state index contributed by atoms with van der Waals surface area (Å²) in [6, 6.07) is 12.7. The summed E-state index contributed by atoms with van der Waals surface area (Å²) in [5, 5.41) is 1.76. The second-order valence-electron chi connectivity index (χ2n) is 6.91. The molecule has 0 unspecified atom stereocenters. The summed E-state index contributed by atoms with van der Waals surface area (Å²) in [7, 11) is -6.06. The van der Waals surface area contributed by atoms with Crippen LogP contribution in [0.3, 0.4) is 0 Å². The summed E-state index contributed by atoms with van der Waals surface area (Å²) in [5.41, 5.74) is 2.08. The normalized spacial score (nSPS) is 14.8. The molecule has 11 heteroatoms. The lowest BCUT2D eigenvalue weighted by molar-refractivity contribution is 0.392. The average molecular weight is 499 g/mol. The number of halogens is 1. The van der Waals surface area contributed by atoms with Crippen LogP contribution in [0.4, 0.5) is 5.69 Å². The van der Waals surface area contributed by atoms with E-state index >= 15 is 0 Å². The molecule has 1 N–H and O–H groups in total. The number of nitrogens with zero attached hydrogens (tertiary/aromatic N) is 1. The van der Waals surface area contributed by atoms with Crippen molar-refractivity contribution in [3.63, 3.8) is 0 Å². The van der Waals surface area contributed by atoms with Crippen molar-refractivity contribution in [2.75, 3.05) is 18.4 Å². The highest BCUT2D eigenvalue weighted by Crippen LogP contribution is 2.31. The van der Waals surface area contributed by atoms with Crippen molar-refractivity contribution in [1.82, 2.24) is 4.31 Å². The topological polar surface area (TPSA) is 92.8 Å². The van der Waals surface area contributed by atoms with Gasteiger partial charge in [-0.1, -0.05) is 23.7 Å². The van der Waals surface area contributed by atoms with Gasteiger partial charge in [-0.05, 0) is 53.3 Å². The first-order valence-corrected chi connectivity index (χ1v) is 13.4. The van der Waals surface area contributed by atoms with E-state index in [1.807, 2.05) is 6.07 Å². The third kappa shape index (κ3) is 4.44. The highest BCUT2D eigenvalue weighted by molar-refractivity contribution is 7.93. The fourth-order valence-electron chi connectivity index (χ4n) is 3.37. The van der Waals surface area contributed by atoms with E-state index in [0.717, 1.165) is 11.1 Å². The molecule has 31 heavy (non-hydrogen) atoms. The number of sulfonamides is 2. The van der Waals surface area contributed by atoms with Crippen LogP contribution in [0.2, 0.25) is 5.02 Å². The number of rotatable bonds is 6. The number of thiophene rings is 1. The SMILES string of the molecule is COc1ccc(S(=O)(=O)Nc2ccc3c(c2)CN(S(=O)(=O)c2cccs2)CC3)c(Cl)c1. The van der Waals surface area contributed by atoms with E-state index < -0.39 is 20.0 Å². The van der Waals surface area contributed by atoms with E-state index in [-0.39, 0.29) is 16.5 Å². The quantitative estimate of drug-likeness (QED) is 0.555. The smallest absolute Gasteiger partial charge is 0.263 e. The Hall–Kier alpha value is -2.11. The maximum absolute atomic E-state index is 12.8. The lowest BCUT2D eigenvalue weighted by Crippen LogP contribution is -2.35. The van der Waals surface area contributed by atoms with Crippen LogP contribution >= 0.6 is 22.9 Å². The number of anilines is 1. The second-order valence-corrected chi connectivity index (χ2v) is 12.1. The molecule has 164 valence electrons. The van der Waals surface area contributed by atoms with Gasteiger partial charge in [-0.2, -0.15) is 4.31 Å². The minimum absolute atomic E-state index is 0.0398. The molecule has 7 nitrogen and oxygen atoms in total. The van der Waals surface area contributed by atoms with Gasteiger partial charge in [-0.15, -0.1) is 11.3 Å². The zero-order valence-corrected chi connectivity index (χ0v) is 19.6. The Kier molecular flexibility index (Phi) is 6.01. The highest BCUT2D eigenvalue weighted by atomic mass is 35.5. The van der Waals surface area contributed by atoms with Crippen LogP contribution in [-0.2, 0) is 33.0 Å². The molecule has 0 atom stereocenters. The van der Waals surface area contributed by atoms with Gasteiger partial charge in [0.2, 0.25) is 0 Å². The fourth-order valence-corrected chi connectivity index (χ4v) is 7.52. The highest BCUT2D eigenvalue weighted by Gasteiger charge is 2.29. The van der Waals surface area contributed by atoms with Gasteiger partial charge in [0.1, 0.15) is 14.9 Å². The molecular formula is C20H19ClN2O5S3. The number of ether oxygens (including phenoxy) is 1. The van der Waals surface area contributed by atoms with Crippen LogP contribution in [0.5, 0.6) is 5.75 Å². The molecule has 0 radical (unpaired) electrons. The van der Waals surface area contributed by atoms with Crippen molar-refractivity contribution in [1.29, 1.82) is 0 Å². The zero-order valence-electron chi connectivity index (χ0n) is 16.4. The predicted molar refractivity (Wildman–Crippen MR) is 121 cm³/mol. The lowest BCUT2D eigenvalue weighted by atomic mass is 10.0. The summed E-state index contributed by atoms with van der Waals surface area (Å²) in [6.07, 6.45) is 0.553. The Morgan fingerprint density at radius 3 is 2.55 bits per heavy atom. The van der Waals surface area contributed by atoms with Crippen molar-refractivity contribution in [3.05, 3.63) is 70.1 Å². The Balaban J connectivity index is 1.59. The van der Waals surface area contributed by atoms with Crippen LogP contribution in [-0.4, -0.2) is 34.8 Å². The van der Waals surface area contributed by atoms with Crippen molar-refractivity contribution in [2.45, 2.75) is 22.1 Å². The van der Waals surface area contributed by atoms with Crippen molar-refractivity contribution in [2.24, 2.45) is 0 Å². The molecule has 0 saturated heterocycles. The van der Waals surface area contributed by atoms with E-state index in [4.69, 9.17) is 16.3 Å². The molecular weight excluding hydrogens is 480 g/mol. The molecule has 0 saturated carbocycles. The standard InChI is InChI=1S/C20H19ClN2O5S3/c1-28-17-6-7-19(18(21)12-17)30(24,25)22-16-5-4-14-8-9-23(13-15(14)11-16)31(26,27)20-3-2-10-29-20/h2-7,10-12,22H,8-9,13H2,1H3. The Bertz CT molecular complexity index is 1320. The molecule has 1 aliphatic rings. The van der Waals surface area contributed by atoms with Gasteiger partial charge in [-0.3, -0.25) is 4.72 Å². The summed E-state index contributed by atoms with van der Waals surface area (Å²) in [5.74, 6) is 0.449. The number of hydrogen-bond acceptors (Lipinski definition) is 6. The lowest BCUT2D eigenvalue weighted by Gasteiger charge is -2.28. The first-order chi connectivity index (χ1) is 14.7. The molecule has 1 aliphatic heterocycles. The molecule has 0 amide bonds. The minimum atomic E-state index is -3.94. The first-order valence-electron chi connectivity index (χ1n) is 9.22. The molecule has 2 aromatic carbocycles. The second kappa shape index (κ2) is 8.44. The third-order valence-electron chi connectivity index (χ3n) is 4.95.